The van der Waals surface area contributed by atoms with Crippen LogP contribution in [0.1, 0.15) is 4.88 Å². The third-order valence-corrected chi connectivity index (χ3v) is 4.46. The van der Waals surface area contributed by atoms with Crippen LogP contribution in [0.3, 0.4) is 0 Å². The highest BCUT2D eigenvalue weighted by Crippen LogP contribution is 2.28. The molecule has 3 rings (SSSR count). The molecule has 6 heteroatoms. The Morgan fingerprint density at radius 2 is 2.18 bits per heavy atom. The van der Waals surface area contributed by atoms with Crippen LogP contribution in [0.5, 0.6) is 5.75 Å². The SMILES string of the molecule is COc1cc2c(N(C)CCc3cccs3)ncnc2cc1F. The lowest BCUT2D eigenvalue weighted by Gasteiger charge is -2.19. The summed E-state index contributed by atoms with van der Waals surface area (Å²) < 4.78 is 18.8. The quantitative estimate of drug-likeness (QED) is 0.722. The van der Waals surface area contributed by atoms with Crippen molar-refractivity contribution in [2.24, 2.45) is 0 Å². The third-order valence-electron chi connectivity index (χ3n) is 3.52. The van der Waals surface area contributed by atoms with E-state index in [1.165, 1.54) is 24.4 Å². The second kappa shape index (κ2) is 6.27. The normalized spacial score (nSPS) is 10.9. The first kappa shape index (κ1) is 14.7. The number of hydrogen-bond acceptors (Lipinski definition) is 5. The summed E-state index contributed by atoms with van der Waals surface area (Å²) in [5.41, 5.74) is 0.575. The maximum Gasteiger partial charge on any atom is 0.167 e. The van der Waals surface area contributed by atoms with Gasteiger partial charge in [0, 0.05) is 29.9 Å². The number of anilines is 1. The molecule has 0 amide bonds. The van der Waals surface area contributed by atoms with Gasteiger partial charge in [0.2, 0.25) is 0 Å². The Kier molecular flexibility index (Phi) is 4.20. The molecule has 0 radical (unpaired) electrons. The van der Waals surface area contributed by atoms with Gasteiger partial charge in [0.25, 0.3) is 0 Å². The van der Waals surface area contributed by atoms with Crippen LogP contribution in [0.25, 0.3) is 10.9 Å². The van der Waals surface area contributed by atoms with Crippen molar-refractivity contribution in [3.63, 3.8) is 0 Å². The molecule has 0 spiro atoms. The lowest BCUT2D eigenvalue weighted by atomic mass is 10.2. The van der Waals surface area contributed by atoms with E-state index in [0.29, 0.717) is 5.52 Å². The molecule has 0 aliphatic carbocycles. The van der Waals surface area contributed by atoms with Crippen molar-refractivity contribution in [2.75, 3.05) is 25.6 Å². The number of fused-ring (bicyclic) bond motifs is 1. The predicted molar refractivity (Wildman–Crippen MR) is 87.3 cm³/mol. The minimum Gasteiger partial charge on any atom is -0.494 e. The lowest BCUT2D eigenvalue weighted by Crippen LogP contribution is -2.21. The van der Waals surface area contributed by atoms with Gasteiger partial charge in [-0.3, -0.25) is 0 Å². The fourth-order valence-corrected chi connectivity index (χ4v) is 3.04. The Hall–Kier alpha value is -2.21. The molecule has 4 nitrogen and oxygen atoms in total. The molecule has 22 heavy (non-hydrogen) atoms. The first-order valence-electron chi connectivity index (χ1n) is 6.91. The third kappa shape index (κ3) is 2.87. The molecule has 0 aliphatic heterocycles. The number of rotatable bonds is 5. The number of ether oxygens (including phenoxy) is 1. The van der Waals surface area contributed by atoms with Gasteiger partial charge in [-0.15, -0.1) is 11.3 Å². The van der Waals surface area contributed by atoms with Crippen LogP contribution in [0.2, 0.25) is 0 Å². The average Bonchev–Trinajstić information content (AvgIpc) is 3.04. The Balaban J connectivity index is 1.91. The van der Waals surface area contributed by atoms with Gasteiger partial charge < -0.3 is 9.64 Å². The number of aromatic nitrogens is 2. The van der Waals surface area contributed by atoms with E-state index in [1.54, 1.807) is 17.4 Å². The number of halogens is 1. The zero-order valence-electron chi connectivity index (χ0n) is 12.4. The molecule has 0 N–H and O–H groups in total. The maximum absolute atomic E-state index is 13.8. The number of nitrogens with zero attached hydrogens (tertiary/aromatic N) is 3. The monoisotopic (exact) mass is 317 g/mol. The first-order valence-corrected chi connectivity index (χ1v) is 7.79. The molecule has 0 atom stereocenters. The molecule has 0 aliphatic rings. The fraction of sp³-hybridized carbons (Fsp3) is 0.250. The molecule has 0 saturated carbocycles. The van der Waals surface area contributed by atoms with E-state index in [2.05, 4.69) is 26.3 Å². The predicted octanol–water partition coefficient (Wildman–Crippen LogP) is 3.52. The van der Waals surface area contributed by atoms with Crippen LogP contribution in [-0.4, -0.2) is 30.7 Å². The molecule has 2 heterocycles. The maximum atomic E-state index is 13.8. The van der Waals surface area contributed by atoms with E-state index in [-0.39, 0.29) is 5.75 Å². The molecule has 1 aromatic carbocycles. The van der Waals surface area contributed by atoms with Crippen LogP contribution >= 0.6 is 11.3 Å². The Labute approximate surface area is 132 Å². The summed E-state index contributed by atoms with van der Waals surface area (Å²) in [4.78, 5) is 11.9. The fourth-order valence-electron chi connectivity index (χ4n) is 2.34. The highest BCUT2D eigenvalue weighted by Gasteiger charge is 2.13. The van der Waals surface area contributed by atoms with Crippen LogP contribution in [0, 0.1) is 5.82 Å². The summed E-state index contributed by atoms with van der Waals surface area (Å²) in [5, 5.41) is 2.86. The van der Waals surface area contributed by atoms with Crippen molar-refractivity contribution in [1.82, 2.24) is 9.97 Å². The van der Waals surface area contributed by atoms with Crippen LogP contribution < -0.4 is 9.64 Å². The van der Waals surface area contributed by atoms with Crippen LogP contribution in [0.15, 0.2) is 36.0 Å². The minimum atomic E-state index is -0.416. The summed E-state index contributed by atoms with van der Waals surface area (Å²) >= 11 is 1.74. The minimum absolute atomic E-state index is 0.204. The number of methoxy groups -OCH3 is 1. The second-order valence-electron chi connectivity index (χ2n) is 4.95. The molecular weight excluding hydrogens is 301 g/mol. The largest absolute Gasteiger partial charge is 0.494 e. The van der Waals surface area contributed by atoms with E-state index in [0.717, 1.165) is 24.2 Å². The molecule has 3 aromatic rings. The highest BCUT2D eigenvalue weighted by atomic mass is 32.1. The van der Waals surface area contributed by atoms with Crippen LogP contribution in [0.4, 0.5) is 10.2 Å². The lowest BCUT2D eigenvalue weighted by molar-refractivity contribution is 0.387. The summed E-state index contributed by atoms with van der Waals surface area (Å²) in [6.07, 6.45) is 2.41. The van der Waals surface area contributed by atoms with E-state index in [9.17, 15) is 4.39 Å². The van der Waals surface area contributed by atoms with Crippen molar-refractivity contribution in [1.29, 1.82) is 0 Å². The van der Waals surface area contributed by atoms with Crippen molar-refractivity contribution in [3.05, 3.63) is 46.7 Å². The van der Waals surface area contributed by atoms with Gasteiger partial charge in [0.15, 0.2) is 11.6 Å². The molecule has 0 unspecified atom stereocenters. The molecule has 0 saturated heterocycles. The first-order chi connectivity index (χ1) is 10.7. The van der Waals surface area contributed by atoms with E-state index < -0.39 is 5.82 Å². The van der Waals surface area contributed by atoms with Gasteiger partial charge >= 0.3 is 0 Å². The zero-order valence-corrected chi connectivity index (χ0v) is 13.2. The highest BCUT2D eigenvalue weighted by molar-refractivity contribution is 7.09. The van der Waals surface area contributed by atoms with E-state index >= 15 is 0 Å². The summed E-state index contributed by atoms with van der Waals surface area (Å²) in [7, 11) is 3.43. The molecular formula is C16H16FN3OS. The average molecular weight is 317 g/mol. The summed E-state index contributed by atoms with van der Waals surface area (Å²) in [6.45, 7) is 0.826. The Morgan fingerprint density at radius 1 is 1.32 bits per heavy atom. The number of likely N-dealkylation sites (N-methyl/N-ethyl adjacent to an activating group) is 1. The number of hydrogen-bond donors (Lipinski definition) is 0. The molecule has 0 fully saturated rings. The van der Waals surface area contributed by atoms with Gasteiger partial charge in [-0.25, -0.2) is 14.4 Å². The van der Waals surface area contributed by atoms with Gasteiger partial charge in [-0.2, -0.15) is 0 Å². The van der Waals surface area contributed by atoms with Gasteiger partial charge in [-0.1, -0.05) is 6.07 Å². The summed E-state index contributed by atoms with van der Waals surface area (Å²) in [5.74, 6) is 0.566. The standard InChI is InChI=1S/C16H16FN3OS/c1-20(6-5-11-4-3-7-22-11)16-12-8-15(21-2)13(17)9-14(12)18-10-19-16/h3-4,7-10H,5-6H2,1-2H3. The molecule has 114 valence electrons. The Morgan fingerprint density at radius 3 is 2.91 bits per heavy atom. The Bertz CT molecular complexity index is 776. The van der Waals surface area contributed by atoms with Crippen molar-refractivity contribution in [3.8, 4) is 5.75 Å². The summed E-state index contributed by atoms with van der Waals surface area (Å²) in [6, 6.07) is 7.21. The topological polar surface area (TPSA) is 38.2 Å². The van der Waals surface area contributed by atoms with Crippen LogP contribution in [-0.2, 0) is 6.42 Å². The second-order valence-corrected chi connectivity index (χ2v) is 5.98. The molecule has 2 aromatic heterocycles. The van der Waals surface area contributed by atoms with Crippen molar-refractivity contribution < 1.29 is 9.13 Å². The van der Waals surface area contributed by atoms with E-state index in [1.807, 2.05) is 13.1 Å². The van der Waals surface area contributed by atoms with Crippen molar-refractivity contribution >= 4 is 28.1 Å². The van der Waals surface area contributed by atoms with Gasteiger partial charge in [0.05, 0.1) is 12.6 Å². The zero-order chi connectivity index (χ0) is 15.5. The van der Waals surface area contributed by atoms with Gasteiger partial charge in [-0.05, 0) is 23.9 Å². The van der Waals surface area contributed by atoms with Crippen molar-refractivity contribution in [2.45, 2.75) is 6.42 Å². The number of benzene rings is 1. The van der Waals surface area contributed by atoms with Gasteiger partial charge in [0.1, 0.15) is 12.1 Å². The van der Waals surface area contributed by atoms with E-state index in [4.69, 9.17) is 4.74 Å². The smallest absolute Gasteiger partial charge is 0.167 e. The number of thiophene rings is 1. The molecule has 0 bridgehead atoms.